The average molecular weight is 799 g/mol. The molecule has 7 rings (SSSR count). The number of aliphatic hydroxyl groups is 4. The maximum Gasteiger partial charge on any atom is 0.481 e. The maximum absolute atomic E-state index is 12.8. The highest BCUT2D eigenvalue weighted by molar-refractivity contribution is 7.61. The van der Waals surface area contributed by atoms with Crippen molar-refractivity contribution in [1.82, 2.24) is 34.5 Å². The third kappa shape index (κ3) is 7.20. The van der Waals surface area contributed by atoms with Crippen LogP contribution in [-0.2, 0) is 38.5 Å². The van der Waals surface area contributed by atoms with E-state index in [0.29, 0.717) is 11.0 Å². The molecule has 0 bridgehead atoms. The molecule has 2 aliphatic rings. The zero-order chi connectivity index (χ0) is 38.9. The summed E-state index contributed by atoms with van der Waals surface area (Å²) < 4.78 is 53.2. The van der Waals surface area contributed by atoms with E-state index in [1.807, 2.05) is 13.8 Å². The van der Waals surface area contributed by atoms with Gasteiger partial charge in [-0.3, -0.25) is 23.4 Å². The van der Waals surface area contributed by atoms with Gasteiger partial charge in [0.2, 0.25) is 5.52 Å². The van der Waals surface area contributed by atoms with Crippen LogP contribution >= 0.6 is 15.6 Å². The first kappa shape index (κ1) is 38.2. The molecule has 54 heavy (non-hydrogen) atoms. The number of nitrogens with zero attached hydrogens (tertiary/aromatic N) is 6. The summed E-state index contributed by atoms with van der Waals surface area (Å²) in [5.41, 5.74) is 6.66. The van der Waals surface area contributed by atoms with E-state index in [1.54, 1.807) is 12.1 Å². The number of rotatable bonds is 12. The van der Waals surface area contributed by atoms with Crippen molar-refractivity contribution >= 4 is 54.8 Å². The first-order valence-electron chi connectivity index (χ1n) is 16.0. The molecule has 4 aromatic heterocycles. The van der Waals surface area contributed by atoms with Crippen LogP contribution in [0.2, 0.25) is 0 Å². The van der Waals surface area contributed by atoms with Crippen LogP contribution < -0.4 is 21.5 Å². The Kier molecular flexibility index (Phi) is 10.0. The molecule has 0 spiro atoms. The van der Waals surface area contributed by atoms with Gasteiger partial charge in [-0.2, -0.15) is 9.29 Å². The highest BCUT2D eigenvalue weighted by atomic mass is 31.3. The van der Waals surface area contributed by atoms with E-state index in [2.05, 4.69) is 34.2 Å². The van der Waals surface area contributed by atoms with E-state index < -0.39 is 95.6 Å². The zero-order valence-electron chi connectivity index (χ0n) is 28.1. The van der Waals surface area contributed by atoms with Gasteiger partial charge in [0.1, 0.15) is 66.6 Å². The van der Waals surface area contributed by atoms with Crippen LogP contribution in [0.25, 0.3) is 33.4 Å². The molecule has 1 aromatic carbocycles. The SMILES string of the molecule is Cc1cc2nc3c(=O)[nH]c(=O)[nH]c3[n+](C[C@H](O)[C@H](O)[C@@H]3OC[C@@H]3OP(=O)(O)OP(=O)(O)OC[C@H]3O[C@@H](n4cnc5c(N)ncnc54)[C@H](O)[C@@H]3O)c2cc1C. The number of fused-ring (bicyclic) bond motifs is 3. The van der Waals surface area contributed by atoms with Gasteiger partial charge in [0.25, 0.3) is 5.56 Å². The number of aliphatic hydroxyl groups excluding tert-OH is 4. The van der Waals surface area contributed by atoms with Gasteiger partial charge in [-0.25, -0.2) is 38.4 Å². The summed E-state index contributed by atoms with van der Waals surface area (Å²) in [6.45, 7) is 1.87. The number of nitrogens with two attached hydrogens (primary N) is 1. The lowest BCUT2D eigenvalue weighted by Crippen LogP contribution is -2.59. The number of aryl methyl sites for hydroxylation is 2. The maximum atomic E-state index is 12.8. The van der Waals surface area contributed by atoms with Crippen LogP contribution in [0.3, 0.4) is 0 Å². The van der Waals surface area contributed by atoms with Crippen LogP contribution in [0.5, 0.6) is 0 Å². The smallest absolute Gasteiger partial charge is 0.387 e. The van der Waals surface area contributed by atoms with Crippen LogP contribution in [0.1, 0.15) is 17.4 Å². The van der Waals surface area contributed by atoms with Crippen molar-refractivity contribution < 1.29 is 66.7 Å². The average Bonchev–Trinajstić information content (AvgIpc) is 3.63. The molecule has 2 saturated heterocycles. The molecule has 26 heteroatoms. The van der Waals surface area contributed by atoms with Gasteiger partial charge in [-0.1, -0.05) is 0 Å². The van der Waals surface area contributed by atoms with E-state index in [4.69, 9.17) is 24.3 Å². The summed E-state index contributed by atoms with van der Waals surface area (Å²) in [6.07, 6.45) is -10.1. The second kappa shape index (κ2) is 14.2. The quantitative estimate of drug-likeness (QED) is 0.0356. The lowest BCUT2D eigenvalue weighted by atomic mass is 9.99. The number of phosphoric ester groups is 2. The van der Waals surface area contributed by atoms with Crippen LogP contribution in [0.4, 0.5) is 5.82 Å². The van der Waals surface area contributed by atoms with Crippen LogP contribution in [-0.4, -0.2) is 121 Å². The molecule has 2 aliphatic heterocycles. The van der Waals surface area contributed by atoms with Crippen LogP contribution in [0.15, 0.2) is 34.4 Å². The lowest BCUT2D eigenvalue weighted by Gasteiger charge is -2.40. The Morgan fingerprint density at radius 1 is 1.06 bits per heavy atom. The number of nitrogens with one attached hydrogen (secondary N) is 2. The van der Waals surface area contributed by atoms with Gasteiger partial charge < -0.3 is 45.4 Å². The number of H-pyrrole nitrogens is 2. The number of phosphoric acid groups is 2. The molecule has 290 valence electrons. The fourth-order valence-corrected chi connectivity index (χ4v) is 8.41. The summed E-state index contributed by atoms with van der Waals surface area (Å²) >= 11 is 0. The Morgan fingerprint density at radius 3 is 2.52 bits per heavy atom. The topological polar surface area (TPSA) is 354 Å². The number of aromatic amines is 2. The van der Waals surface area contributed by atoms with Crippen molar-refractivity contribution in [3.8, 4) is 0 Å². The minimum absolute atomic E-state index is 0.0418. The van der Waals surface area contributed by atoms with Crippen LogP contribution in [0, 0.1) is 13.8 Å². The van der Waals surface area contributed by atoms with E-state index >= 15 is 0 Å². The largest absolute Gasteiger partial charge is 0.481 e. The van der Waals surface area contributed by atoms with Gasteiger partial charge in [0.15, 0.2) is 23.2 Å². The molecule has 0 aliphatic carbocycles. The summed E-state index contributed by atoms with van der Waals surface area (Å²) in [6, 6.07) is 3.41. The molecular formula is C28H34N9O15P2+. The Balaban J connectivity index is 0.996. The van der Waals surface area contributed by atoms with Crippen molar-refractivity contribution in [2.24, 2.45) is 0 Å². The highest BCUT2D eigenvalue weighted by Gasteiger charge is 2.49. The number of benzene rings is 1. The number of nitrogen functional groups attached to an aromatic ring is 1. The number of imidazole rings is 1. The van der Waals surface area contributed by atoms with Gasteiger partial charge in [-0.05, 0) is 37.1 Å². The molecule has 24 nitrogen and oxygen atoms in total. The normalized spacial score (nSPS) is 26.4. The zero-order valence-corrected chi connectivity index (χ0v) is 29.9. The number of aromatic nitrogens is 8. The third-order valence-electron chi connectivity index (χ3n) is 9.08. The predicted molar refractivity (Wildman–Crippen MR) is 179 cm³/mol. The molecule has 0 radical (unpaired) electrons. The predicted octanol–water partition coefficient (Wildman–Crippen LogP) is -2.55. The number of hydrogen-bond acceptors (Lipinski definition) is 18. The first-order chi connectivity index (χ1) is 25.4. The fraction of sp³-hybridized carbons (Fsp3) is 0.464. The van der Waals surface area contributed by atoms with E-state index in [1.165, 1.54) is 15.5 Å². The molecule has 6 heterocycles. The van der Waals surface area contributed by atoms with Crippen molar-refractivity contribution in [3.05, 3.63) is 56.8 Å². The number of anilines is 1. The molecular weight excluding hydrogens is 764 g/mol. The summed E-state index contributed by atoms with van der Waals surface area (Å²) in [5.74, 6) is 0.0418. The minimum Gasteiger partial charge on any atom is -0.387 e. The van der Waals surface area contributed by atoms with Gasteiger partial charge in [-0.15, -0.1) is 0 Å². The Hall–Kier alpha value is -4.13. The number of ether oxygens (including phenoxy) is 2. The minimum atomic E-state index is -5.46. The second-order valence-corrected chi connectivity index (χ2v) is 15.7. The third-order valence-corrected chi connectivity index (χ3v) is 11.7. The van der Waals surface area contributed by atoms with Crippen molar-refractivity contribution in [3.63, 3.8) is 0 Å². The van der Waals surface area contributed by atoms with Crippen molar-refractivity contribution in [1.29, 1.82) is 0 Å². The fourth-order valence-electron chi connectivity index (χ4n) is 6.16. The second-order valence-electron chi connectivity index (χ2n) is 12.7. The molecule has 5 aromatic rings. The van der Waals surface area contributed by atoms with Gasteiger partial charge >= 0.3 is 27.0 Å². The summed E-state index contributed by atoms with van der Waals surface area (Å²) in [5, 5.41) is 43.3. The van der Waals surface area contributed by atoms with Gasteiger partial charge in [0.05, 0.1) is 19.5 Å². The summed E-state index contributed by atoms with van der Waals surface area (Å²) in [4.78, 5) is 66.2. The standard InChI is InChI=1S/C28H33N9O15P2/c1-10-3-12-13(4-11(10)2)36(25-18(33-12)26(42)35-28(43)34-25)5-14(38)19(39)22-16(6-48-22)51-54(46,47)52-53(44,45)49-7-15-20(40)21(41)27(50-15)37-9-32-17-23(29)30-8-31-24(17)37/h3-4,8-9,14-16,19-22,27,38-41H,5-7H2,1-2H3,(H5,29,30,31,35,42,43,44,45,46,47)/p+1/t14-,15+,16-,19-,20+,21+,22+,27+/m0/s1. The van der Waals surface area contributed by atoms with Gasteiger partial charge in [0, 0.05) is 0 Å². The molecule has 0 saturated carbocycles. The molecule has 0 amide bonds. The molecule has 2 fully saturated rings. The Bertz CT molecular complexity index is 2480. The monoisotopic (exact) mass is 798 g/mol. The van der Waals surface area contributed by atoms with Crippen molar-refractivity contribution in [2.45, 2.75) is 69.3 Å². The summed E-state index contributed by atoms with van der Waals surface area (Å²) in [7, 11) is -10.9. The first-order valence-corrected chi connectivity index (χ1v) is 19.0. The van der Waals surface area contributed by atoms with Crippen molar-refractivity contribution in [2.75, 3.05) is 18.9 Å². The molecule has 10 atom stereocenters. The molecule has 10 N–H and O–H groups in total. The number of hydrogen-bond donors (Lipinski definition) is 9. The Labute approximate surface area is 301 Å². The Morgan fingerprint density at radius 2 is 1.80 bits per heavy atom. The lowest BCUT2D eigenvalue weighted by molar-refractivity contribution is -0.657. The van der Waals surface area contributed by atoms with E-state index in [9.17, 15) is 48.9 Å². The van der Waals surface area contributed by atoms with E-state index in [0.717, 1.165) is 17.5 Å². The highest BCUT2D eigenvalue weighted by Crippen LogP contribution is 2.61. The molecule has 2 unspecified atom stereocenters. The van der Waals surface area contributed by atoms with E-state index in [-0.39, 0.29) is 28.1 Å².